The maximum Gasteiger partial charge on any atom is 0.235 e. The predicted molar refractivity (Wildman–Crippen MR) is 97.8 cm³/mol. The highest BCUT2D eigenvalue weighted by atomic mass is 32.2. The Balaban J connectivity index is 0. The lowest BCUT2D eigenvalue weighted by atomic mass is 10.3. The van der Waals surface area contributed by atoms with Gasteiger partial charge in [0.05, 0.1) is 0 Å². The summed E-state index contributed by atoms with van der Waals surface area (Å²) in [6.07, 6.45) is 4.20. The molecule has 0 aromatic carbocycles. The number of hydrazine groups is 2. The Morgan fingerprint density at radius 1 is 0.760 bits per heavy atom. The van der Waals surface area contributed by atoms with E-state index in [2.05, 4.69) is 10.6 Å². The van der Waals surface area contributed by atoms with Gasteiger partial charge in [-0.3, -0.25) is 30.0 Å². The lowest BCUT2D eigenvalue weighted by Gasteiger charge is -2.03. The molecule has 0 spiro atoms. The highest BCUT2D eigenvalue weighted by molar-refractivity contribution is 7.98. The zero-order chi connectivity index (χ0) is 19.5. The quantitative estimate of drug-likeness (QED) is 0.145. The number of hydrogen-bond acceptors (Lipinski definition) is 7. The highest BCUT2D eigenvalue weighted by Gasteiger charge is 2.02. The Labute approximate surface area is 152 Å². The molecule has 0 aliphatic heterocycles. The summed E-state index contributed by atoms with van der Waals surface area (Å²) in [6, 6.07) is 0. The van der Waals surface area contributed by atoms with Gasteiger partial charge in [-0.1, -0.05) is 6.92 Å². The largest absolute Gasteiger partial charge is 0.356 e. The van der Waals surface area contributed by atoms with Gasteiger partial charge in [-0.05, 0) is 12.7 Å². The number of nitrogens with two attached hydrogens (primary N) is 2. The average Bonchev–Trinajstić information content (AvgIpc) is 2.60. The summed E-state index contributed by atoms with van der Waals surface area (Å²) < 4.78 is 0. The van der Waals surface area contributed by atoms with Gasteiger partial charge in [0.25, 0.3) is 0 Å². The third-order valence-corrected chi connectivity index (χ3v) is 3.29. The SMILES string of the molecule is CCCC(=O)NCCC(=O)NN.CSCCC(=O)NCCC(=O)NN. The molecule has 11 heteroatoms. The Morgan fingerprint density at radius 2 is 1.20 bits per heavy atom. The van der Waals surface area contributed by atoms with Gasteiger partial charge < -0.3 is 10.6 Å². The highest BCUT2D eigenvalue weighted by Crippen LogP contribution is 1.94. The molecule has 0 atom stereocenters. The van der Waals surface area contributed by atoms with Gasteiger partial charge >= 0.3 is 0 Å². The van der Waals surface area contributed by atoms with Crippen molar-refractivity contribution in [1.82, 2.24) is 21.5 Å². The molecular formula is C14H30N6O4S. The molecule has 0 saturated carbocycles. The van der Waals surface area contributed by atoms with Crippen molar-refractivity contribution in [2.24, 2.45) is 11.7 Å². The molecule has 146 valence electrons. The summed E-state index contributed by atoms with van der Waals surface area (Å²) in [6.45, 7) is 2.62. The normalized spacial score (nSPS) is 9.28. The second-order valence-corrected chi connectivity index (χ2v) is 5.81. The van der Waals surface area contributed by atoms with Gasteiger partial charge in [-0.2, -0.15) is 11.8 Å². The van der Waals surface area contributed by atoms with E-state index in [9.17, 15) is 19.2 Å². The van der Waals surface area contributed by atoms with E-state index in [0.717, 1.165) is 12.2 Å². The number of thioether (sulfide) groups is 1. The molecule has 0 aliphatic rings. The Morgan fingerprint density at radius 3 is 1.56 bits per heavy atom. The minimum atomic E-state index is -0.273. The monoisotopic (exact) mass is 378 g/mol. The van der Waals surface area contributed by atoms with Crippen molar-refractivity contribution in [1.29, 1.82) is 0 Å². The number of rotatable bonds is 11. The van der Waals surface area contributed by atoms with Gasteiger partial charge in [-0.15, -0.1) is 0 Å². The van der Waals surface area contributed by atoms with Gasteiger partial charge in [0.2, 0.25) is 23.6 Å². The number of carbonyl (C=O) groups excluding carboxylic acids is 4. The molecule has 4 amide bonds. The fraction of sp³-hybridized carbons (Fsp3) is 0.714. The average molecular weight is 378 g/mol. The first-order valence-corrected chi connectivity index (χ1v) is 9.31. The van der Waals surface area contributed by atoms with Gasteiger partial charge in [0, 0.05) is 44.5 Å². The van der Waals surface area contributed by atoms with Crippen LogP contribution in [0.2, 0.25) is 0 Å². The van der Waals surface area contributed by atoms with Crippen molar-refractivity contribution in [3.63, 3.8) is 0 Å². The lowest BCUT2D eigenvalue weighted by Crippen LogP contribution is -2.34. The summed E-state index contributed by atoms with van der Waals surface area (Å²) in [4.78, 5) is 43.0. The zero-order valence-corrected chi connectivity index (χ0v) is 15.7. The Kier molecular flexibility index (Phi) is 18.8. The van der Waals surface area contributed by atoms with Crippen LogP contribution in [0, 0.1) is 0 Å². The van der Waals surface area contributed by atoms with Crippen LogP contribution in [0.1, 0.15) is 39.0 Å². The minimum Gasteiger partial charge on any atom is -0.356 e. The molecule has 0 unspecified atom stereocenters. The molecule has 0 aromatic rings. The van der Waals surface area contributed by atoms with Crippen molar-refractivity contribution in [2.45, 2.75) is 39.0 Å². The summed E-state index contributed by atoms with van der Waals surface area (Å²) >= 11 is 1.61. The van der Waals surface area contributed by atoms with Crippen molar-refractivity contribution >= 4 is 35.4 Å². The molecule has 0 saturated heterocycles. The van der Waals surface area contributed by atoms with Crippen LogP contribution in [0.4, 0.5) is 0 Å². The second kappa shape index (κ2) is 18.5. The number of carbonyl (C=O) groups is 4. The predicted octanol–water partition coefficient (Wildman–Crippen LogP) is -1.48. The van der Waals surface area contributed by atoms with Crippen LogP contribution in [0.3, 0.4) is 0 Å². The zero-order valence-electron chi connectivity index (χ0n) is 14.9. The van der Waals surface area contributed by atoms with Crippen molar-refractivity contribution < 1.29 is 19.2 Å². The van der Waals surface area contributed by atoms with Crippen molar-refractivity contribution in [2.75, 3.05) is 25.1 Å². The van der Waals surface area contributed by atoms with E-state index in [-0.39, 0.29) is 36.5 Å². The van der Waals surface area contributed by atoms with Crippen LogP contribution in [-0.4, -0.2) is 48.7 Å². The fourth-order valence-electron chi connectivity index (χ4n) is 1.37. The number of amides is 4. The van der Waals surface area contributed by atoms with E-state index in [4.69, 9.17) is 11.7 Å². The Bertz CT molecular complexity index is 409. The van der Waals surface area contributed by atoms with E-state index >= 15 is 0 Å². The lowest BCUT2D eigenvalue weighted by molar-refractivity contribution is -0.124. The molecule has 0 fully saturated rings. The summed E-state index contributed by atoms with van der Waals surface area (Å²) in [5.74, 6) is 9.89. The van der Waals surface area contributed by atoms with Crippen LogP contribution in [0.25, 0.3) is 0 Å². The van der Waals surface area contributed by atoms with Crippen molar-refractivity contribution in [3.05, 3.63) is 0 Å². The van der Waals surface area contributed by atoms with Crippen LogP contribution in [0.15, 0.2) is 0 Å². The first kappa shape index (κ1) is 25.4. The van der Waals surface area contributed by atoms with Crippen molar-refractivity contribution in [3.8, 4) is 0 Å². The topological polar surface area (TPSA) is 168 Å². The molecule has 10 nitrogen and oxygen atoms in total. The number of nitrogens with one attached hydrogen (secondary N) is 4. The first-order valence-electron chi connectivity index (χ1n) is 7.92. The molecule has 8 N–H and O–H groups in total. The fourth-order valence-corrected chi connectivity index (χ4v) is 1.76. The first-order chi connectivity index (χ1) is 11.9. The van der Waals surface area contributed by atoms with Gasteiger partial charge in [0.15, 0.2) is 0 Å². The van der Waals surface area contributed by atoms with E-state index < -0.39 is 0 Å². The summed E-state index contributed by atoms with van der Waals surface area (Å²) in [5, 5.41) is 5.21. The minimum absolute atomic E-state index is 0.0256. The van der Waals surface area contributed by atoms with E-state index in [1.54, 1.807) is 11.8 Å². The molecule has 0 rings (SSSR count). The van der Waals surface area contributed by atoms with E-state index in [1.807, 2.05) is 24.0 Å². The van der Waals surface area contributed by atoms with E-state index in [1.165, 1.54) is 0 Å². The van der Waals surface area contributed by atoms with E-state index in [0.29, 0.717) is 25.9 Å². The van der Waals surface area contributed by atoms with Gasteiger partial charge in [0.1, 0.15) is 0 Å². The molecule has 0 aliphatic carbocycles. The van der Waals surface area contributed by atoms with Crippen LogP contribution in [-0.2, 0) is 19.2 Å². The molecule has 0 bridgehead atoms. The smallest absolute Gasteiger partial charge is 0.235 e. The molecule has 0 heterocycles. The second-order valence-electron chi connectivity index (χ2n) is 4.83. The maximum atomic E-state index is 11.0. The third kappa shape index (κ3) is 20.1. The summed E-state index contributed by atoms with van der Waals surface area (Å²) in [5.41, 5.74) is 3.97. The molecule has 25 heavy (non-hydrogen) atoms. The number of hydrogen-bond donors (Lipinski definition) is 6. The standard InChI is InChI=1S/C7H15N3O2S.C7H15N3O2/c1-13-5-3-6(11)9-4-2-7(12)10-8;1-2-3-6(11)9-5-4-7(12)10-8/h2-5,8H2,1H3,(H,9,11)(H,10,12);2-5,8H2,1H3,(H,9,11)(H,10,12). The summed E-state index contributed by atoms with van der Waals surface area (Å²) in [7, 11) is 0. The van der Waals surface area contributed by atoms with Crippen LogP contribution in [0.5, 0.6) is 0 Å². The maximum absolute atomic E-state index is 11.0. The van der Waals surface area contributed by atoms with Gasteiger partial charge in [-0.25, -0.2) is 11.7 Å². The molecule has 0 aromatic heterocycles. The van der Waals surface area contributed by atoms with Crippen LogP contribution < -0.4 is 33.2 Å². The molecular weight excluding hydrogens is 348 g/mol. The molecule has 0 radical (unpaired) electrons. The Hall–Kier alpha value is -1.85. The van der Waals surface area contributed by atoms with Crippen LogP contribution >= 0.6 is 11.8 Å². The third-order valence-electron chi connectivity index (χ3n) is 2.68.